The lowest BCUT2D eigenvalue weighted by Crippen LogP contribution is -2.23. The molecule has 4 N–H and O–H groups in total. The highest BCUT2D eigenvalue weighted by atomic mass is 16.1. The molecule has 1 unspecified atom stereocenters. The van der Waals surface area contributed by atoms with Gasteiger partial charge in [-0.15, -0.1) is 0 Å². The summed E-state index contributed by atoms with van der Waals surface area (Å²) in [5, 5.41) is 6.29. The Kier molecular flexibility index (Phi) is 4.88. The second kappa shape index (κ2) is 6.64. The van der Waals surface area contributed by atoms with Crippen LogP contribution in [-0.4, -0.2) is 18.5 Å². The van der Waals surface area contributed by atoms with Gasteiger partial charge in [0.15, 0.2) is 0 Å². The van der Waals surface area contributed by atoms with Crippen molar-refractivity contribution in [3.63, 3.8) is 0 Å². The van der Waals surface area contributed by atoms with E-state index in [1.54, 1.807) is 6.07 Å². The Bertz CT molecular complexity index is 469. The van der Waals surface area contributed by atoms with Gasteiger partial charge in [-0.25, -0.2) is 0 Å². The minimum atomic E-state index is -0.0734. The van der Waals surface area contributed by atoms with E-state index in [0.29, 0.717) is 23.8 Å². The molecular formula is C16H25N3O. The van der Waals surface area contributed by atoms with Crippen LogP contribution in [0.5, 0.6) is 0 Å². The smallest absolute Gasteiger partial charge is 0.251 e. The Morgan fingerprint density at radius 2 is 2.15 bits per heavy atom. The van der Waals surface area contributed by atoms with E-state index < -0.39 is 0 Å². The Balaban J connectivity index is 2.02. The Hall–Kier alpha value is -1.71. The second-order valence-electron chi connectivity index (χ2n) is 5.59. The molecule has 0 radical (unpaired) electrons. The van der Waals surface area contributed by atoms with Gasteiger partial charge in [-0.2, -0.15) is 0 Å². The third-order valence-corrected chi connectivity index (χ3v) is 3.82. The van der Waals surface area contributed by atoms with Crippen LogP contribution in [0.1, 0.15) is 49.9 Å². The fourth-order valence-corrected chi connectivity index (χ4v) is 2.40. The summed E-state index contributed by atoms with van der Waals surface area (Å²) in [5.41, 5.74) is 8.26. The molecule has 1 amide bonds. The normalized spacial score (nSPS) is 15.7. The van der Waals surface area contributed by atoms with Crippen LogP contribution in [0.4, 0.5) is 11.4 Å². The first kappa shape index (κ1) is 14.7. The van der Waals surface area contributed by atoms with Crippen LogP contribution < -0.4 is 16.4 Å². The molecule has 0 spiro atoms. The number of hydrogen-bond acceptors (Lipinski definition) is 3. The number of hydrogen-bond donors (Lipinski definition) is 3. The average molecular weight is 275 g/mol. The number of rotatable bonds is 7. The highest BCUT2D eigenvalue weighted by molar-refractivity contribution is 5.96. The number of carbonyl (C=O) groups is 1. The monoisotopic (exact) mass is 275 g/mol. The van der Waals surface area contributed by atoms with Crippen LogP contribution in [0.3, 0.4) is 0 Å². The van der Waals surface area contributed by atoms with Crippen molar-refractivity contribution >= 4 is 17.3 Å². The molecule has 4 heteroatoms. The molecule has 0 bridgehead atoms. The number of anilines is 2. The van der Waals surface area contributed by atoms with E-state index in [4.69, 9.17) is 5.73 Å². The lowest BCUT2D eigenvalue weighted by Gasteiger charge is -2.19. The van der Waals surface area contributed by atoms with Gasteiger partial charge < -0.3 is 16.4 Å². The molecule has 1 fully saturated rings. The van der Waals surface area contributed by atoms with Gasteiger partial charge in [-0.3, -0.25) is 4.79 Å². The lowest BCUT2D eigenvalue weighted by molar-refractivity contribution is 0.0956. The summed E-state index contributed by atoms with van der Waals surface area (Å²) in [6.07, 6.45) is 5.04. The maximum atomic E-state index is 11.8. The number of nitrogens with two attached hydrogens (primary N) is 1. The third-order valence-electron chi connectivity index (χ3n) is 3.82. The molecule has 1 aliphatic carbocycles. The zero-order chi connectivity index (χ0) is 14.5. The Labute approximate surface area is 121 Å². The first-order valence-corrected chi connectivity index (χ1v) is 7.58. The van der Waals surface area contributed by atoms with E-state index in [1.807, 2.05) is 19.1 Å². The van der Waals surface area contributed by atoms with Gasteiger partial charge in [0.1, 0.15) is 0 Å². The molecule has 1 aliphatic rings. The fraction of sp³-hybridized carbons (Fsp3) is 0.562. The number of nitrogen functional groups attached to an aromatic ring is 1. The molecule has 2 rings (SSSR count). The molecule has 0 aliphatic heterocycles. The lowest BCUT2D eigenvalue weighted by atomic mass is 10.1. The molecule has 4 nitrogen and oxygen atoms in total. The standard InChI is InChI=1S/C16H25N3O/c1-3-13(9-11-5-6-11)19-15-8-7-12(10-14(15)17)16(20)18-4-2/h7-8,10-11,13,19H,3-6,9,17H2,1-2H3,(H,18,20). The van der Waals surface area contributed by atoms with Gasteiger partial charge in [-0.1, -0.05) is 19.8 Å². The first-order valence-electron chi connectivity index (χ1n) is 7.58. The maximum absolute atomic E-state index is 11.8. The minimum absolute atomic E-state index is 0.0734. The second-order valence-corrected chi connectivity index (χ2v) is 5.59. The topological polar surface area (TPSA) is 67.2 Å². The van der Waals surface area contributed by atoms with Crippen LogP contribution in [0, 0.1) is 5.92 Å². The summed E-state index contributed by atoms with van der Waals surface area (Å²) in [6.45, 7) is 4.72. The van der Waals surface area contributed by atoms with E-state index in [-0.39, 0.29) is 5.91 Å². The van der Waals surface area contributed by atoms with Crippen molar-refractivity contribution in [1.82, 2.24) is 5.32 Å². The molecule has 110 valence electrons. The zero-order valence-electron chi connectivity index (χ0n) is 12.4. The van der Waals surface area contributed by atoms with E-state index in [9.17, 15) is 4.79 Å². The highest BCUT2D eigenvalue weighted by Gasteiger charge is 2.24. The molecular weight excluding hydrogens is 250 g/mol. The molecule has 0 aromatic heterocycles. The van der Waals surface area contributed by atoms with Crippen molar-refractivity contribution in [2.45, 2.75) is 45.6 Å². The van der Waals surface area contributed by atoms with Crippen LogP contribution in [0.25, 0.3) is 0 Å². The van der Waals surface area contributed by atoms with E-state index in [0.717, 1.165) is 18.0 Å². The average Bonchev–Trinajstić information content (AvgIpc) is 3.24. The number of carbonyl (C=O) groups excluding carboxylic acids is 1. The molecule has 1 aromatic rings. The van der Waals surface area contributed by atoms with Gasteiger partial charge in [0.05, 0.1) is 11.4 Å². The molecule has 0 saturated heterocycles. The van der Waals surface area contributed by atoms with Gasteiger partial charge in [0, 0.05) is 18.2 Å². The molecule has 1 saturated carbocycles. The molecule has 20 heavy (non-hydrogen) atoms. The van der Waals surface area contributed by atoms with Crippen molar-refractivity contribution in [3.8, 4) is 0 Å². The van der Waals surface area contributed by atoms with E-state index in [1.165, 1.54) is 19.3 Å². The van der Waals surface area contributed by atoms with E-state index in [2.05, 4.69) is 17.6 Å². The first-order chi connectivity index (χ1) is 9.63. The summed E-state index contributed by atoms with van der Waals surface area (Å²) in [6, 6.07) is 5.96. The summed E-state index contributed by atoms with van der Waals surface area (Å²) < 4.78 is 0. The summed E-state index contributed by atoms with van der Waals surface area (Å²) in [7, 11) is 0. The zero-order valence-corrected chi connectivity index (χ0v) is 12.4. The van der Waals surface area contributed by atoms with Crippen LogP contribution in [-0.2, 0) is 0 Å². The predicted molar refractivity (Wildman–Crippen MR) is 83.9 cm³/mol. The number of benzene rings is 1. The van der Waals surface area contributed by atoms with Gasteiger partial charge in [0.2, 0.25) is 0 Å². The summed E-state index contributed by atoms with van der Waals surface area (Å²) in [4.78, 5) is 11.8. The van der Waals surface area contributed by atoms with Gasteiger partial charge >= 0.3 is 0 Å². The quantitative estimate of drug-likeness (QED) is 0.670. The minimum Gasteiger partial charge on any atom is -0.397 e. The van der Waals surface area contributed by atoms with Gasteiger partial charge in [0.25, 0.3) is 5.91 Å². The predicted octanol–water partition coefficient (Wildman–Crippen LogP) is 3.01. The van der Waals surface area contributed by atoms with Gasteiger partial charge in [-0.05, 0) is 43.9 Å². The number of nitrogens with one attached hydrogen (secondary N) is 2. The molecule has 1 aromatic carbocycles. The third kappa shape index (κ3) is 3.89. The van der Waals surface area contributed by atoms with Crippen LogP contribution in [0.2, 0.25) is 0 Å². The van der Waals surface area contributed by atoms with Crippen molar-refractivity contribution < 1.29 is 4.79 Å². The van der Waals surface area contributed by atoms with E-state index >= 15 is 0 Å². The van der Waals surface area contributed by atoms with Crippen LogP contribution >= 0.6 is 0 Å². The largest absolute Gasteiger partial charge is 0.397 e. The van der Waals surface area contributed by atoms with Crippen molar-refractivity contribution in [1.29, 1.82) is 0 Å². The SMILES string of the molecule is CCNC(=O)c1ccc(NC(CC)CC2CC2)c(N)c1. The Morgan fingerprint density at radius 3 is 2.70 bits per heavy atom. The Morgan fingerprint density at radius 1 is 1.40 bits per heavy atom. The highest BCUT2D eigenvalue weighted by Crippen LogP contribution is 2.35. The van der Waals surface area contributed by atoms with Crippen molar-refractivity contribution in [2.24, 2.45) is 5.92 Å². The maximum Gasteiger partial charge on any atom is 0.251 e. The van der Waals surface area contributed by atoms with Crippen molar-refractivity contribution in [3.05, 3.63) is 23.8 Å². The van der Waals surface area contributed by atoms with Crippen molar-refractivity contribution in [2.75, 3.05) is 17.6 Å². The molecule has 0 heterocycles. The summed E-state index contributed by atoms with van der Waals surface area (Å²) in [5.74, 6) is 0.819. The summed E-state index contributed by atoms with van der Waals surface area (Å²) >= 11 is 0. The molecule has 1 atom stereocenters. The van der Waals surface area contributed by atoms with Crippen LogP contribution in [0.15, 0.2) is 18.2 Å². The fourth-order valence-electron chi connectivity index (χ4n) is 2.40. The number of amides is 1.